The maximum Gasteiger partial charge on any atom is 0.408 e. The second-order valence-corrected chi connectivity index (χ2v) is 4.12. The molecule has 0 spiro atoms. The minimum Gasteiger partial charge on any atom is -0.465 e. The molecule has 1 N–H and O–H groups in total. The highest BCUT2D eigenvalue weighted by Crippen LogP contribution is 2.37. The van der Waals surface area contributed by atoms with Crippen LogP contribution >= 0.6 is 22.6 Å². The number of fused-ring (bicyclic) bond motifs is 1. The zero-order valence-electron chi connectivity index (χ0n) is 6.77. The lowest BCUT2D eigenvalue weighted by molar-refractivity contribution is 0.146. The fourth-order valence-corrected chi connectivity index (χ4v) is 2.55. The molecule has 1 heterocycles. The molecule has 1 aromatic carbocycles. The van der Waals surface area contributed by atoms with Gasteiger partial charge in [-0.2, -0.15) is 0 Å². The molecule has 0 saturated carbocycles. The SMILES string of the molecule is O=C(O)N1Cc2ccccc2C1I. The van der Waals surface area contributed by atoms with Crippen molar-refractivity contribution in [3.05, 3.63) is 35.4 Å². The van der Waals surface area contributed by atoms with E-state index in [1.54, 1.807) is 0 Å². The quantitative estimate of drug-likeness (QED) is 0.453. The lowest BCUT2D eigenvalue weighted by atomic mass is 10.1. The van der Waals surface area contributed by atoms with Gasteiger partial charge >= 0.3 is 6.09 Å². The molecule has 1 aromatic rings. The fraction of sp³-hybridized carbons (Fsp3) is 0.222. The summed E-state index contributed by atoms with van der Waals surface area (Å²) in [5.74, 6) is 0. The Balaban J connectivity index is 2.38. The van der Waals surface area contributed by atoms with Gasteiger partial charge in [-0.15, -0.1) is 0 Å². The molecule has 0 aliphatic carbocycles. The molecular formula is C9H8INO2. The van der Waals surface area contributed by atoms with Crippen LogP contribution in [0.3, 0.4) is 0 Å². The van der Waals surface area contributed by atoms with Gasteiger partial charge in [0.05, 0.1) is 6.54 Å². The first kappa shape index (κ1) is 8.80. The molecule has 2 rings (SSSR count). The van der Waals surface area contributed by atoms with Crippen molar-refractivity contribution in [1.82, 2.24) is 4.90 Å². The van der Waals surface area contributed by atoms with E-state index in [2.05, 4.69) is 22.6 Å². The summed E-state index contributed by atoms with van der Waals surface area (Å²) in [6, 6.07) is 7.84. The minimum absolute atomic E-state index is 0.0358. The van der Waals surface area contributed by atoms with Crippen LogP contribution in [0.4, 0.5) is 4.79 Å². The number of nitrogens with zero attached hydrogens (tertiary/aromatic N) is 1. The van der Waals surface area contributed by atoms with Gasteiger partial charge in [-0.1, -0.05) is 46.9 Å². The first-order valence-electron chi connectivity index (χ1n) is 3.91. The van der Waals surface area contributed by atoms with Gasteiger partial charge < -0.3 is 5.11 Å². The highest BCUT2D eigenvalue weighted by Gasteiger charge is 2.30. The average Bonchev–Trinajstić information content (AvgIpc) is 2.45. The molecule has 3 nitrogen and oxygen atoms in total. The first-order valence-corrected chi connectivity index (χ1v) is 5.16. The van der Waals surface area contributed by atoms with Crippen molar-refractivity contribution in [3.63, 3.8) is 0 Å². The Morgan fingerprint density at radius 3 is 2.85 bits per heavy atom. The molecule has 4 heteroatoms. The van der Waals surface area contributed by atoms with Crippen LogP contribution in [-0.2, 0) is 6.54 Å². The summed E-state index contributed by atoms with van der Waals surface area (Å²) in [5, 5.41) is 8.88. The van der Waals surface area contributed by atoms with Crippen LogP contribution in [0, 0.1) is 0 Å². The zero-order chi connectivity index (χ0) is 9.42. The van der Waals surface area contributed by atoms with Crippen LogP contribution in [0.5, 0.6) is 0 Å². The summed E-state index contributed by atoms with van der Waals surface area (Å²) < 4.78 is -0.0358. The van der Waals surface area contributed by atoms with E-state index in [4.69, 9.17) is 5.11 Å². The largest absolute Gasteiger partial charge is 0.465 e. The number of halogens is 1. The molecule has 1 unspecified atom stereocenters. The van der Waals surface area contributed by atoms with E-state index in [-0.39, 0.29) is 4.05 Å². The smallest absolute Gasteiger partial charge is 0.408 e. The maximum absolute atomic E-state index is 10.8. The predicted molar refractivity (Wildman–Crippen MR) is 56.8 cm³/mol. The number of amides is 1. The first-order chi connectivity index (χ1) is 6.20. The molecular weight excluding hydrogens is 281 g/mol. The topological polar surface area (TPSA) is 40.5 Å². The highest BCUT2D eigenvalue weighted by molar-refractivity contribution is 14.1. The molecule has 1 aliphatic heterocycles. The van der Waals surface area contributed by atoms with Gasteiger partial charge in [-0.25, -0.2) is 4.79 Å². The number of carboxylic acid groups (broad SMARTS) is 1. The van der Waals surface area contributed by atoms with Gasteiger partial charge in [-0.3, -0.25) is 4.90 Å². The summed E-state index contributed by atoms with van der Waals surface area (Å²) in [6.45, 7) is 0.513. The Bertz CT molecular complexity index is 353. The molecule has 0 bridgehead atoms. The second-order valence-electron chi connectivity index (χ2n) is 2.95. The van der Waals surface area contributed by atoms with E-state index in [0.29, 0.717) is 6.54 Å². The molecule has 1 aliphatic rings. The van der Waals surface area contributed by atoms with Crippen molar-refractivity contribution >= 4 is 28.7 Å². The molecule has 68 valence electrons. The van der Waals surface area contributed by atoms with Gasteiger partial charge in [0.2, 0.25) is 0 Å². The minimum atomic E-state index is -0.851. The van der Waals surface area contributed by atoms with Crippen LogP contribution < -0.4 is 0 Å². The Labute approximate surface area is 89.5 Å². The molecule has 0 saturated heterocycles. The lowest BCUT2D eigenvalue weighted by Crippen LogP contribution is -2.24. The van der Waals surface area contributed by atoms with E-state index >= 15 is 0 Å². The van der Waals surface area contributed by atoms with Crippen molar-refractivity contribution in [3.8, 4) is 0 Å². The summed E-state index contributed by atoms with van der Waals surface area (Å²) in [6.07, 6.45) is -0.851. The molecule has 1 atom stereocenters. The molecule has 1 amide bonds. The summed E-state index contributed by atoms with van der Waals surface area (Å²) >= 11 is 2.15. The summed E-state index contributed by atoms with van der Waals surface area (Å²) in [5.41, 5.74) is 2.23. The van der Waals surface area contributed by atoms with E-state index in [9.17, 15) is 4.79 Å². The number of rotatable bonds is 0. The number of alkyl halides is 1. The Hall–Kier alpha value is -0.780. The summed E-state index contributed by atoms with van der Waals surface area (Å²) in [7, 11) is 0. The third-order valence-corrected chi connectivity index (χ3v) is 3.52. The number of hydrogen-bond donors (Lipinski definition) is 1. The van der Waals surface area contributed by atoms with E-state index < -0.39 is 6.09 Å². The van der Waals surface area contributed by atoms with E-state index in [1.165, 1.54) is 4.90 Å². The van der Waals surface area contributed by atoms with Gasteiger partial charge in [0.15, 0.2) is 0 Å². The number of hydrogen-bond acceptors (Lipinski definition) is 1. The van der Waals surface area contributed by atoms with Crippen LogP contribution in [0.1, 0.15) is 15.2 Å². The third-order valence-electron chi connectivity index (χ3n) is 2.17. The van der Waals surface area contributed by atoms with Gasteiger partial charge in [-0.05, 0) is 11.1 Å². The van der Waals surface area contributed by atoms with E-state index in [1.807, 2.05) is 24.3 Å². The number of carbonyl (C=O) groups is 1. The average molecular weight is 289 g/mol. The maximum atomic E-state index is 10.8. The monoisotopic (exact) mass is 289 g/mol. The highest BCUT2D eigenvalue weighted by atomic mass is 127. The summed E-state index contributed by atoms with van der Waals surface area (Å²) in [4.78, 5) is 12.2. The van der Waals surface area contributed by atoms with Crippen molar-refractivity contribution in [2.75, 3.05) is 0 Å². The molecule has 0 fully saturated rings. The van der Waals surface area contributed by atoms with Crippen LogP contribution in [0.25, 0.3) is 0 Å². The third kappa shape index (κ3) is 1.39. The Morgan fingerprint density at radius 1 is 1.54 bits per heavy atom. The van der Waals surface area contributed by atoms with Crippen molar-refractivity contribution in [2.24, 2.45) is 0 Å². The van der Waals surface area contributed by atoms with Gasteiger partial charge in [0, 0.05) is 0 Å². The molecule has 13 heavy (non-hydrogen) atoms. The van der Waals surface area contributed by atoms with Gasteiger partial charge in [0.25, 0.3) is 0 Å². The van der Waals surface area contributed by atoms with Crippen LogP contribution in [-0.4, -0.2) is 16.1 Å². The predicted octanol–water partition coefficient (Wildman–Crippen LogP) is 2.61. The Morgan fingerprint density at radius 2 is 2.23 bits per heavy atom. The second kappa shape index (κ2) is 3.17. The lowest BCUT2D eigenvalue weighted by Gasteiger charge is -2.15. The molecule has 0 radical (unpaired) electrons. The van der Waals surface area contributed by atoms with Crippen molar-refractivity contribution in [2.45, 2.75) is 10.6 Å². The zero-order valence-corrected chi connectivity index (χ0v) is 8.93. The Kier molecular flexibility index (Phi) is 2.15. The molecule has 0 aromatic heterocycles. The fourth-order valence-electron chi connectivity index (χ4n) is 1.51. The van der Waals surface area contributed by atoms with Crippen LogP contribution in [0.2, 0.25) is 0 Å². The van der Waals surface area contributed by atoms with Crippen molar-refractivity contribution < 1.29 is 9.90 Å². The van der Waals surface area contributed by atoms with E-state index in [0.717, 1.165) is 11.1 Å². The van der Waals surface area contributed by atoms with Crippen molar-refractivity contribution in [1.29, 1.82) is 0 Å². The van der Waals surface area contributed by atoms with Crippen LogP contribution in [0.15, 0.2) is 24.3 Å². The normalized spacial score (nSPS) is 20.1. The number of benzene rings is 1. The standard InChI is InChI=1S/C9H8INO2/c10-8-7-4-2-1-3-6(7)5-11(8)9(12)13/h1-4,8H,5H2,(H,12,13). The van der Waals surface area contributed by atoms with Gasteiger partial charge in [0.1, 0.15) is 4.05 Å².